The number of nitrogens with one attached hydrogen (secondary N) is 1. The number of rotatable bonds is 3. The summed E-state index contributed by atoms with van der Waals surface area (Å²) >= 11 is 0. The monoisotopic (exact) mass is 362 g/mol. The summed E-state index contributed by atoms with van der Waals surface area (Å²) in [5.41, 5.74) is 2.02. The molecule has 1 aliphatic heterocycles. The van der Waals surface area contributed by atoms with Crippen molar-refractivity contribution in [3.63, 3.8) is 0 Å². The fraction of sp³-hybridized carbons (Fsp3) is 0.500. The highest BCUT2D eigenvalue weighted by Gasteiger charge is 2.31. The zero-order chi connectivity index (χ0) is 17.3. The van der Waals surface area contributed by atoms with Gasteiger partial charge in [-0.1, -0.05) is 6.92 Å². The first kappa shape index (κ1) is 19.2. The Balaban J connectivity index is 0.00000225. The summed E-state index contributed by atoms with van der Waals surface area (Å²) in [5.74, 6) is 0. The Morgan fingerprint density at radius 2 is 2.12 bits per heavy atom. The van der Waals surface area contributed by atoms with Gasteiger partial charge in [0.05, 0.1) is 23.0 Å². The molecule has 2 aromatic heterocycles. The minimum atomic E-state index is -0.355. The van der Waals surface area contributed by atoms with Crippen molar-refractivity contribution in [1.82, 2.24) is 9.97 Å². The fourth-order valence-corrected chi connectivity index (χ4v) is 3.25. The van der Waals surface area contributed by atoms with E-state index < -0.39 is 0 Å². The van der Waals surface area contributed by atoms with Gasteiger partial charge in [0.25, 0.3) is 5.56 Å². The number of methoxy groups -OCH3 is 1. The summed E-state index contributed by atoms with van der Waals surface area (Å²) in [6.45, 7) is 5.64. The Bertz CT molecular complexity index is 864. The molecule has 7 heteroatoms. The first-order valence-electron chi connectivity index (χ1n) is 8.26. The van der Waals surface area contributed by atoms with Crippen LogP contribution in [0.25, 0.3) is 10.9 Å². The highest BCUT2D eigenvalue weighted by atomic mass is 35.5. The van der Waals surface area contributed by atoms with Crippen LogP contribution in [0.2, 0.25) is 0 Å². The second-order valence-electron chi connectivity index (χ2n) is 6.51. The molecule has 1 saturated heterocycles. The topological polar surface area (TPSA) is 82.0 Å². The molecule has 3 heterocycles. The van der Waals surface area contributed by atoms with Crippen LogP contribution in [0, 0.1) is 11.3 Å². The number of aromatic nitrogens is 2. The van der Waals surface area contributed by atoms with Crippen LogP contribution in [0.3, 0.4) is 0 Å². The van der Waals surface area contributed by atoms with Gasteiger partial charge in [0.2, 0.25) is 0 Å². The molecule has 2 aromatic rings. The smallest absolute Gasteiger partial charge is 0.268 e. The van der Waals surface area contributed by atoms with Gasteiger partial charge in [0.15, 0.2) is 0 Å². The molecule has 0 spiro atoms. The molecule has 1 aliphatic rings. The number of nitriles is 1. The Hall–Kier alpha value is -2.10. The summed E-state index contributed by atoms with van der Waals surface area (Å²) < 4.78 is 5.60. The number of piperidine rings is 1. The number of halogens is 1. The van der Waals surface area contributed by atoms with Gasteiger partial charge in [-0.2, -0.15) is 5.26 Å². The lowest BCUT2D eigenvalue weighted by molar-refractivity contribution is -0.0132. The van der Waals surface area contributed by atoms with Crippen molar-refractivity contribution in [2.24, 2.45) is 0 Å². The van der Waals surface area contributed by atoms with Crippen LogP contribution in [-0.4, -0.2) is 35.8 Å². The first-order chi connectivity index (χ1) is 11.5. The van der Waals surface area contributed by atoms with Crippen LogP contribution >= 0.6 is 12.4 Å². The molecule has 0 radical (unpaired) electrons. The number of H-pyrrole nitrogens is 1. The summed E-state index contributed by atoms with van der Waals surface area (Å²) in [6, 6.07) is 4.07. The maximum atomic E-state index is 12.3. The highest BCUT2D eigenvalue weighted by molar-refractivity contribution is 5.94. The average molecular weight is 363 g/mol. The summed E-state index contributed by atoms with van der Waals surface area (Å²) in [7, 11) is 1.73. The second-order valence-corrected chi connectivity index (χ2v) is 6.51. The van der Waals surface area contributed by atoms with Crippen molar-refractivity contribution in [3.8, 4) is 6.07 Å². The molecule has 0 bridgehead atoms. The van der Waals surface area contributed by atoms with Crippen LogP contribution < -0.4 is 10.5 Å². The average Bonchev–Trinajstić information content (AvgIpc) is 2.61. The lowest BCUT2D eigenvalue weighted by Crippen LogP contribution is -2.44. The van der Waals surface area contributed by atoms with E-state index in [-0.39, 0.29) is 29.1 Å². The largest absolute Gasteiger partial charge is 0.378 e. The van der Waals surface area contributed by atoms with Gasteiger partial charge in [-0.05, 0) is 32.3 Å². The van der Waals surface area contributed by atoms with E-state index in [1.807, 2.05) is 13.0 Å². The van der Waals surface area contributed by atoms with E-state index >= 15 is 0 Å². The molecule has 25 heavy (non-hydrogen) atoms. The molecular weight excluding hydrogens is 340 g/mol. The van der Waals surface area contributed by atoms with Gasteiger partial charge in [0, 0.05) is 31.3 Å². The Labute approximate surface area is 153 Å². The third-order valence-electron chi connectivity index (χ3n) is 5.03. The van der Waals surface area contributed by atoms with Gasteiger partial charge >= 0.3 is 0 Å². The summed E-state index contributed by atoms with van der Waals surface area (Å²) in [4.78, 5) is 21.6. The molecule has 134 valence electrons. The van der Waals surface area contributed by atoms with E-state index in [1.165, 1.54) is 0 Å². The van der Waals surface area contributed by atoms with E-state index in [1.54, 1.807) is 13.3 Å². The van der Waals surface area contributed by atoms with Crippen LogP contribution in [-0.2, 0) is 11.2 Å². The number of hydrogen-bond donors (Lipinski definition) is 1. The summed E-state index contributed by atoms with van der Waals surface area (Å²) in [6.07, 6.45) is 4.20. The predicted molar refractivity (Wildman–Crippen MR) is 101 cm³/mol. The SMILES string of the molecule is CCc1cc2c(N3CCC(C)(OC)CC3)c(C#N)c(=O)[nH]c2cn1.Cl. The van der Waals surface area contributed by atoms with Gasteiger partial charge in [-0.15, -0.1) is 12.4 Å². The second kappa shape index (κ2) is 7.42. The Morgan fingerprint density at radius 3 is 2.68 bits per heavy atom. The molecule has 0 unspecified atom stereocenters. The zero-order valence-electron chi connectivity index (χ0n) is 14.8. The third kappa shape index (κ3) is 3.48. The van der Waals surface area contributed by atoms with Crippen LogP contribution in [0.1, 0.15) is 37.9 Å². The quantitative estimate of drug-likeness (QED) is 0.907. The third-order valence-corrected chi connectivity index (χ3v) is 5.03. The van der Waals surface area contributed by atoms with Crippen molar-refractivity contribution in [3.05, 3.63) is 33.9 Å². The lowest BCUT2D eigenvalue weighted by atomic mass is 9.92. The van der Waals surface area contributed by atoms with Crippen molar-refractivity contribution >= 4 is 29.0 Å². The van der Waals surface area contributed by atoms with Gasteiger partial charge in [-0.25, -0.2) is 0 Å². The maximum absolute atomic E-state index is 12.3. The molecule has 0 saturated carbocycles. The molecule has 0 atom stereocenters. The molecule has 3 rings (SSSR count). The van der Waals surface area contributed by atoms with Gasteiger partial charge in [-0.3, -0.25) is 9.78 Å². The standard InChI is InChI=1S/C18H22N4O2.ClH/c1-4-12-9-13-15(11-20-12)21-17(23)14(10-19)16(13)22-7-5-18(2,24-3)6-8-22;/h9,11H,4-8H2,1-3H3,(H,21,23);1H. The molecule has 1 N–H and O–H groups in total. The number of aryl methyl sites for hydroxylation is 1. The van der Waals surface area contributed by atoms with E-state index in [0.29, 0.717) is 5.52 Å². The van der Waals surface area contributed by atoms with Crippen molar-refractivity contribution in [1.29, 1.82) is 5.26 Å². The predicted octanol–water partition coefficient (Wildman–Crippen LogP) is 2.78. The van der Waals surface area contributed by atoms with Crippen LogP contribution in [0.4, 0.5) is 5.69 Å². The normalized spacial score (nSPS) is 16.3. The number of fused-ring (bicyclic) bond motifs is 1. The van der Waals surface area contributed by atoms with Crippen molar-refractivity contribution in [2.75, 3.05) is 25.1 Å². The minimum absolute atomic E-state index is 0. The zero-order valence-corrected chi connectivity index (χ0v) is 15.6. The van der Waals surface area contributed by atoms with E-state index in [0.717, 1.165) is 49.1 Å². The van der Waals surface area contributed by atoms with Gasteiger partial charge in [0.1, 0.15) is 11.6 Å². The number of hydrogen-bond acceptors (Lipinski definition) is 5. The van der Waals surface area contributed by atoms with Crippen LogP contribution in [0.5, 0.6) is 0 Å². The van der Waals surface area contributed by atoms with E-state index in [2.05, 4.69) is 27.9 Å². The minimum Gasteiger partial charge on any atom is -0.378 e. The first-order valence-corrected chi connectivity index (χ1v) is 8.26. The number of anilines is 1. The van der Waals surface area contributed by atoms with Crippen LogP contribution in [0.15, 0.2) is 17.1 Å². The van der Waals surface area contributed by atoms with Crippen molar-refractivity contribution < 1.29 is 4.74 Å². The van der Waals surface area contributed by atoms with Crippen molar-refractivity contribution in [2.45, 2.75) is 38.7 Å². The highest BCUT2D eigenvalue weighted by Crippen LogP contribution is 2.33. The molecular formula is C18H23ClN4O2. The molecule has 0 amide bonds. The molecule has 0 aromatic carbocycles. The number of ether oxygens (including phenoxy) is 1. The van der Waals surface area contributed by atoms with Gasteiger partial charge < -0.3 is 14.6 Å². The lowest BCUT2D eigenvalue weighted by Gasteiger charge is -2.40. The molecule has 6 nitrogen and oxygen atoms in total. The molecule has 0 aliphatic carbocycles. The van der Waals surface area contributed by atoms with E-state index in [4.69, 9.17) is 4.74 Å². The maximum Gasteiger partial charge on any atom is 0.268 e. The van der Waals surface area contributed by atoms with E-state index in [9.17, 15) is 10.1 Å². The Kier molecular flexibility index (Phi) is 5.71. The fourth-order valence-electron chi connectivity index (χ4n) is 3.25. The Morgan fingerprint density at radius 1 is 1.44 bits per heavy atom. The number of nitrogens with zero attached hydrogens (tertiary/aromatic N) is 3. The number of aromatic amines is 1. The number of pyridine rings is 2. The summed E-state index contributed by atoms with van der Waals surface area (Å²) in [5, 5.41) is 10.4. The molecule has 1 fully saturated rings.